The zero-order valence-corrected chi connectivity index (χ0v) is 16.4. The maximum Gasteiger partial charge on any atom is 0.417 e. The fraction of sp³-hybridized carbons (Fsp3) is 0.235. The smallest absolute Gasteiger partial charge is 0.417 e. The number of fused-ring (bicyclic) bond motifs is 1. The van der Waals surface area contributed by atoms with Crippen LogP contribution < -0.4 is 19.1 Å². The van der Waals surface area contributed by atoms with Gasteiger partial charge in [-0.15, -0.1) is 0 Å². The molecule has 1 aliphatic rings. The van der Waals surface area contributed by atoms with Crippen molar-refractivity contribution < 1.29 is 35.9 Å². The largest absolute Gasteiger partial charge is 0.454 e. The third-order valence-corrected chi connectivity index (χ3v) is 5.36. The van der Waals surface area contributed by atoms with E-state index >= 15 is 0 Å². The van der Waals surface area contributed by atoms with Crippen LogP contribution in [0.25, 0.3) is 0 Å². The summed E-state index contributed by atoms with van der Waals surface area (Å²) in [5.74, 6) is -0.111. The van der Waals surface area contributed by atoms with E-state index < -0.39 is 39.2 Å². The number of carbonyl (C=O) groups excluding carboxylic acids is 1. The molecule has 12 heteroatoms. The SMILES string of the molecule is CS(=O)(=O)N(CC(=O)Nc1ccc(Cl)c(C(F)(F)F)c1)c1ccc2c(c1)OCO2. The van der Waals surface area contributed by atoms with E-state index in [0.717, 1.165) is 16.6 Å². The van der Waals surface area contributed by atoms with Crippen LogP contribution in [0.3, 0.4) is 0 Å². The van der Waals surface area contributed by atoms with E-state index in [1.807, 2.05) is 0 Å². The first-order valence-corrected chi connectivity index (χ1v) is 10.2. The maximum atomic E-state index is 13.0. The Balaban J connectivity index is 1.82. The number of nitrogens with one attached hydrogen (secondary N) is 1. The highest BCUT2D eigenvalue weighted by molar-refractivity contribution is 7.92. The van der Waals surface area contributed by atoms with Crippen LogP contribution in [0.5, 0.6) is 11.5 Å². The van der Waals surface area contributed by atoms with E-state index in [0.29, 0.717) is 17.6 Å². The fourth-order valence-electron chi connectivity index (χ4n) is 2.59. The van der Waals surface area contributed by atoms with Crippen molar-refractivity contribution in [3.63, 3.8) is 0 Å². The lowest BCUT2D eigenvalue weighted by Gasteiger charge is -2.22. The number of rotatable bonds is 5. The number of nitrogens with zero attached hydrogens (tertiary/aromatic N) is 1. The molecule has 156 valence electrons. The van der Waals surface area contributed by atoms with Gasteiger partial charge in [0, 0.05) is 11.8 Å². The molecular weight excluding hydrogens is 437 g/mol. The highest BCUT2D eigenvalue weighted by Crippen LogP contribution is 2.37. The second-order valence-corrected chi connectivity index (χ2v) is 8.36. The second kappa shape index (κ2) is 7.64. The first-order chi connectivity index (χ1) is 13.4. The molecule has 1 amide bonds. The van der Waals surface area contributed by atoms with Gasteiger partial charge in [0.05, 0.1) is 22.5 Å². The third-order valence-electron chi connectivity index (χ3n) is 3.89. The van der Waals surface area contributed by atoms with E-state index in [1.165, 1.54) is 24.3 Å². The number of halogens is 4. The normalized spacial score (nSPS) is 13.3. The molecule has 0 fully saturated rings. The molecule has 1 heterocycles. The zero-order valence-electron chi connectivity index (χ0n) is 14.8. The van der Waals surface area contributed by atoms with Crippen LogP contribution in [-0.2, 0) is 21.0 Å². The molecule has 0 bridgehead atoms. The van der Waals surface area contributed by atoms with E-state index in [9.17, 15) is 26.4 Å². The van der Waals surface area contributed by atoms with Gasteiger partial charge in [-0.2, -0.15) is 13.2 Å². The van der Waals surface area contributed by atoms with Crippen LogP contribution in [0.2, 0.25) is 5.02 Å². The van der Waals surface area contributed by atoms with Crippen LogP contribution in [0, 0.1) is 0 Å². The van der Waals surface area contributed by atoms with Gasteiger partial charge in [0.25, 0.3) is 0 Å². The van der Waals surface area contributed by atoms with Crippen molar-refractivity contribution in [1.82, 2.24) is 0 Å². The van der Waals surface area contributed by atoms with E-state index in [1.54, 1.807) is 0 Å². The molecule has 0 radical (unpaired) electrons. The van der Waals surface area contributed by atoms with Crippen molar-refractivity contribution in [2.45, 2.75) is 6.18 Å². The van der Waals surface area contributed by atoms with Crippen molar-refractivity contribution in [2.75, 3.05) is 29.2 Å². The van der Waals surface area contributed by atoms with E-state index in [-0.39, 0.29) is 18.2 Å². The summed E-state index contributed by atoms with van der Waals surface area (Å²) in [6.07, 6.45) is -3.81. The lowest BCUT2D eigenvalue weighted by atomic mass is 10.2. The number of benzene rings is 2. The molecule has 7 nitrogen and oxygen atoms in total. The number of anilines is 2. The highest BCUT2D eigenvalue weighted by atomic mass is 35.5. The molecule has 0 saturated heterocycles. The first kappa shape index (κ1) is 21.1. The predicted molar refractivity (Wildman–Crippen MR) is 99.8 cm³/mol. The molecule has 29 heavy (non-hydrogen) atoms. The molecule has 1 N–H and O–H groups in total. The van der Waals surface area contributed by atoms with Gasteiger partial charge in [0.15, 0.2) is 11.5 Å². The van der Waals surface area contributed by atoms with Crippen molar-refractivity contribution in [3.8, 4) is 11.5 Å². The summed E-state index contributed by atoms with van der Waals surface area (Å²) < 4.78 is 74.3. The van der Waals surface area contributed by atoms with Crippen molar-refractivity contribution in [1.29, 1.82) is 0 Å². The van der Waals surface area contributed by atoms with Crippen LogP contribution >= 0.6 is 11.6 Å². The number of sulfonamides is 1. The standard InChI is InChI=1S/C17H14ClF3N2O5S/c1-29(25,26)23(11-3-5-14-15(7-11)28-9-27-14)8-16(24)22-10-2-4-13(18)12(6-10)17(19,20)21/h2-7H,8-9H2,1H3,(H,22,24). The molecule has 1 aliphatic heterocycles. The predicted octanol–water partition coefficient (Wildman–Crippen LogP) is 3.49. The Morgan fingerprint density at radius 1 is 1.17 bits per heavy atom. The van der Waals surface area contributed by atoms with Crippen molar-refractivity contribution in [2.24, 2.45) is 0 Å². The van der Waals surface area contributed by atoms with Gasteiger partial charge < -0.3 is 14.8 Å². The Bertz CT molecular complexity index is 1060. The number of hydrogen-bond acceptors (Lipinski definition) is 5. The zero-order chi connectivity index (χ0) is 21.4. The Hall–Kier alpha value is -2.66. The van der Waals surface area contributed by atoms with Gasteiger partial charge in [0.1, 0.15) is 6.54 Å². The van der Waals surface area contributed by atoms with Crippen LogP contribution in [0.1, 0.15) is 5.56 Å². The van der Waals surface area contributed by atoms with E-state index in [4.69, 9.17) is 21.1 Å². The van der Waals surface area contributed by atoms with Gasteiger partial charge in [-0.05, 0) is 30.3 Å². The quantitative estimate of drug-likeness (QED) is 0.753. The Labute approximate surface area is 169 Å². The Morgan fingerprint density at radius 3 is 2.52 bits per heavy atom. The summed E-state index contributed by atoms with van der Waals surface area (Å²) in [5, 5.41) is 1.73. The number of amides is 1. The monoisotopic (exact) mass is 450 g/mol. The molecular formula is C17H14ClF3N2O5S. The molecule has 0 aromatic heterocycles. The fourth-order valence-corrected chi connectivity index (χ4v) is 3.66. The number of hydrogen-bond donors (Lipinski definition) is 1. The summed E-state index contributed by atoms with van der Waals surface area (Å²) in [5.41, 5.74) is -1.16. The second-order valence-electron chi connectivity index (χ2n) is 6.05. The van der Waals surface area contributed by atoms with Crippen LogP contribution in [-0.4, -0.2) is 33.9 Å². The van der Waals surface area contributed by atoms with Crippen molar-refractivity contribution in [3.05, 3.63) is 47.0 Å². The number of alkyl halides is 3. The summed E-state index contributed by atoms with van der Waals surface area (Å²) in [6.45, 7) is -0.682. The summed E-state index contributed by atoms with van der Waals surface area (Å²) in [6, 6.07) is 7.15. The minimum Gasteiger partial charge on any atom is -0.454 e. The lowest BCUT2D eigenvalue weighted by Crippen LogP contribution is -2.37. The Morgan fingerprint density at radius 2 is 1.86 bits per heavy atom. The van der Waals surface area contributed by atoms with Gasteiger partial charge in [0.2, 0.25) is 22.7 Å². The molecule has 0 unspecified atom stereocenters. The minimum atomic E-state index is -4.71. The molecule has 3 rings (SSSR count). The number of carbonyl (C=O) groups is 1. The van der Waals surface area contributed by atoms with E-state index in [2.05, 4.69) is 5.32 Å². The average Bonchev–Trinajstić information content (AvgIpc) is 3.07. The first-order valence-electron chi connectivity index (χ1n) is 7.99. The summed E-state index contributed by atoms with van der Waals surface area (Å²) in [4.78, 5) is 12.3. The summed E-state index contributed by atoms with van der Waals surface area (Å²) in [7, 11) is -3.89. The van der Waals surface area contributed by atoms with Gasteiger partial charge in [-0.3, -0.25) is 9.10 Å². The van der Waals surface area contributed by atoms with Gasteiger partial charge in [-0.25, -0.2) is 8.42 Å². The molecule has 0 atom stereocenters. The molecule has 0 spiro atoms. The van der Waals surface area contributed by atoms with Crippen LogP contribution in [0.4, 0.5) is 24.5 Å². The molecule has 2 aromatic rings. The van der Waals surface area contributed by atoms with Gasteiger partial charge in [-0.1, -0.05) is 11.6 Å². The number of ether oxygens (including phenoxy) is 2. The topological polar surface area (TPSA) is 84.9 Å². The van der Waals surface area contributed by atoms with Crippen LogP contribution in [0.15, 0.2) is 36.4 Å². The Kier molecular flexibility index (Phi) is 5.54. The van der Waals surface area contributed by atoms with Gasteiger partial charge >= 0.3 is 6.18 Å². The summed E-state index contributed by atoms with van der Waals surface area (Å²) >= 11 is 5.55. The molecule has 0 aliphatic carbocycles. The van der Waals surface area contributed by atoms with Crippen molar-refractivity contribution >= 4 is 38.9 Å². The molecule has 0 saturated carbocycles. The molecule has 2 aromatic carbocycles. The lowest BCUT2D eigenvalue weighted by molar-refractivity contribution is -0.137. The maximum absolute atomic E-state index is 13.0. The minimum absolute atomic E-state index is 0.0176. The third kappa shape index (κ3) is 4.85. The average molecular weight is 451 g/mol. The highest BCUT2D eigenvalue weighted by Gasteiger charge is 2.33.